The van der Waals surface area contributed by atoms with E-state index in [4.69, 9.17) is 21.4 Å². The number of aromatic nitrogens is 2. The molecule has 3 aromatic rings. The highest BCUT2D eigenvalue weighted by atomic mass is 35.5. The highest BCUT2D eigenvalue weighted by molar-refractivity contribution is 6.31. The first-order chi connectivity index (χ1) is 16.3. The van der Waals surface area contributed by atoms with Crippen LogP contribution in [0.5, 0.6) is 11.6 Å². The summed E-state index contributed by atoms with van der Waals surface area (Å²) in [7, 11) is 1.41. The van der Waals surface area contributed by atoms with E-state index in [2.05, 4.69) is 26.1 Å². The molecule has 0 saturated carbocycles. The topological polar surface area (TPSA) is 154 Å². The molecular weight excluding hydrogens is 464 g/mol. The second-order valence-corrected chi connectivity index (χ2v) is 7.42. The number of carbonyl (C=O) groups excluding carboxylic acids is 1. The fourth-order valence-corrected chi connectivity index (χ4v) is 3.65. The Morgan fingerprint density at radius 3 is 2.68 bits per heavy atom. The average molecular weight is 483 g/mol. The number of anilines is 1. The first-order valence-electron chi connectivity index (χ1n) is 9.96. The number of rotatable bonds is 7. The highest BCUT2D eigenvalue weighted by Crippen LogP contribution is 2.39. The van der Waals surface area contributed by atoms with Crippen LogP contribution in [0.25, 0.3) is 11.1 Å². The third-order valence-corrected chi connectivity index (χ3v) is 5.19. The van der Waals surface area contributed by atoms with Crippen LogP contribution in [0.4, 0.5) is 10.5 Å². The number of hydrogen-bond donors (Lipinski definition) is 3. The van der Waals surface area contributed by atoms with Crippen LogP contribution in [0.3, 0.4) is 0 Å². The maximum Gasteiger partial charge on any atom is 0.512 e. The van der Waals surface area contributed by atoms with Gasteiger partial charge in [0.25, 0.3) is 5.56 Å². The molecular formula is C23H19ClN4O6. The normalized spacial score (nSPS) is 11.2. The summed E-state index contributed by atoms with van der Waals surface area (Å²) in [5, 5.41) is 21.3. The summed E-state index contributed by atoms with van der Waals surface area (Å²) < 4.78 is 9.89. The second kappa shape index (κ2) is 10.5. The van der Waals surface area contributed by atoms with Gasteiger partial charge in [-0.1, -0.05) is 18.5 Å². The van der Waals surface area contributed by atoms with Gasteiger partial charge in [-0.05, 0) is 30.7 Å². The van der Waals surface area contributed by atoms with Gasteiger partial charge >= 0.3 is 6.16 Å². The molecule has 1 atom stereocenters. The van der Waals surface area contributed by atoms with Crippen molar-refractivity contribution in [2.75, 3.05) is 12.4 Å². The Balaban J connectivity index is 2.08. The molecule has 3 rings (SSSR count). The highest BCUT2D eigenvalue weighted by Gasteiger charge is 2.29. The van der Waals surface area contributed by atoms with Crippen LogP contribution < -0.4 is 20.3 Å². The SMILES string of the molecule is CCC(C(=O)Nc1ccc(OC(=O)O)nc1)c1c(-c2cc(Cl)ccc2C#N)c(OC)c[nH]c1=O. The molecule has 0 bridgehead atoms. The number of nitriles is 1. The van der Waals surface area contributed by atoms with Gasteiger partial charge in [0.05, 0.1) is 36.5 Å². The molecule has 1 aromatic carbocycles. The minimum absolute atomic E-state index is 0.108. The van der Waals surface area contributed by atoms with Crippen molar-refractivity contribution in [3.05, 3.63) is 69.2 Å². The van der Waals surface area contributed by atoms with Crippen LogP contribution >= 0.6 is 11.6 Å². The molecule has 0 saturated heterocycles. The fraction of sp³-hybridized carbons (Fsp3) is 0.174. The number of halogens is 1. The number of nitrogens with one attached hydrogen (secondary N) is 2. The summed E-state index contributed by atoms with van der Waals surface area (Å²) in [6.07, 6.45) is 1.31. The zero-order valence-electron chi connectivity index (χ0n) is 18.1. The monoisotopic (exact) mass is 482 g/mol. The number of hydrogen-bond acceptors (Lipinski definition) is 7. The summed E-state index contributed by atoms with van der Waals surface area (Å²) in [5.41, 5.74) is 0.749. The number of pyridine rings is 2. The Labute approximate surface area is 198 Å². The third-order valence-electron chi connectivity index (χ3n) is 4.95. The molecule has 0 aliphatic rings. The van der Waals surface area contributed by atoms with E-state index in [1.165, 1.54) is 43.8 Å². The molecule has 1 unspecified atom stereocenters. The van der Waals surface area contributed by atoms with Crippen LogP contribution in [0.15, 0.2) is 47.5 Å². The van der Waals surface area contributed by atoms with Gasteiger partial charge < -0.3 is 24.9 Å². The largest absolute Gasteiger partial charge is 0.512 e. The number of benzene rings is 1. The summed E-state index contributed by atoms with van der Waals surface area (Å²) in [6, 6.07) is 9.38. The molecule has 1 amide bonds. The van der Waals surface area contributed by atoms with E-state index in [1.807, 2.05) is 0 Å². The van der Waals surface area contributed by atoms with Crippen molar-refractivity contribution in [2.24, 2.45) is 0 Å². The Bertz CT molecular complexity index is 1330. The van der Waals surface area contributed by atoms with Gasteiger partial charge in [0.2, 0.25) is 11.8 Å². The lowest BCUT2D eigenvalue weighted by Crippen LogP contribution is -2.27. The maximum atomic E-state index is 13.2. The second-order valence-electron chi connectivity index (χ2n) is 6.98. The van der Waals surface area contributed by atoms with Gasteiger partial charge in [0.1, 0.15) is 5.75 Å². The average Bonchev–Trinajstić information content (AvgIpc) is 2.81. The van der Waals surface area contributed by atoms with Crippen LogP contribution in [0, 0.1) is 11.3 Å². The molecule has 2 aromatic heterocycles. The van der Waals surface area contributed by atoms with Crippen molar-refractivity contribution in [1.82, 2.24) is 9.97 Å². The van der Waals surface area contributed by atoms with Crippen molar-refractivity contribution in [2.45, 2.75) is 19.3 Å². The van der Waals surface area contributed by atoms with Crippen molar-refractivity contribution in [1.29, 1.82) is 5.26 Å². The molecule has 10 nitrogen and oxygen atoms in total. The number of H-pyrrole nitrogens is 1. The van der Waals surface area contributed by atoms with Crippen LogP contribution in [0.2, 0.25) is 5.02 Å². The lowest BCUT2D eigenvalue weighted by molar-refractivity contribution is -0.117. The van der Waals surface area contributed by atoms with E-state index in [9.17, 15) is 19.6 Å². The van der Waals surface area contributed by atoms with E-state index in [1.54, 1.807) is 13.0 Å². The molecule has 0 radical (unpaired) electrons. The fourth-order valence-electron chi connectivity index (χ4n) is 3.47. The van der Waals surface area contributed by atoms with Crippen molar-refractivity contribution in [3.63, 3.8) is 0 Å². The number of nitrogens with zero attached hydrogens (tertiary/aromatic N) is 2. The summed E-state index contributed by atoms with van der Waals surface area (Å²) in [6.45, 7) is 1.73. The molecule has 174 valence electrons. The first kappa shape index (κ1) is 24.3. The minimum Gasteiger partial charge on any atom is -0.495 e. The van der Waals surface area contributed by atoms with E-state index >= 15 is 0 Å². The van der Waals surface area contributed by atoms with E-state index in [0.717, 1.165) is 0 Å². The third kappa shape index (κ3) is 5.16. The van der Waals surface area contributed by atoms with Crippen LogP contribution in [0.1, 0.15) is 30.4 Å². The summed E-state index contributed by atoms with van der Waals surface area (Å²) >= 11 is 6.17. The molecule has 34 heavy (non-hydrogen) atoms. The van der Waals surface area contributed by atoms with Crippen molar-refractivity contribution in [3.8, 4) is 28.8 Å². The van der Waals surface area contributed by atoms with Crippen molar-refractivity contribution >= 4 is 29.4 Å². The molecule has 0 spiro atoms. The number of ether oxygens (including phenoxy) is 2. The Morgan fingerprint density at radius 1 is 1.32 bits per heavy atom. The smallest absolute Gasteiger partial charge is 0.495 e. The minimum atomic E-state index is -1.52. The predicted octanol–water partition coefficient (Wildman–Crippen LogP) is 4.16. The predicted molar refractivity (Wildman–Crippen MR) is 123 cm³/mol. The molecule has 11 heteroatoms. The van der Waals surface area contributed by atoms with E-state index in [0.29, 0.717) is 10.6 Å². The lowest BCUT2D eigenvalue weighted by Gasteiger charge is -2.20. The number of amides is 1. The van der Waals surface area contributed by atoms with Gasteiger partial charge in [-0.15, -0.1) is 0 Å². The number of carbonyl (C=O) groups is 2. The van der Waals surface area contributed by atoms with Crippen molar-refractivity contribution < 1.29 is 24.2 Å². The van der Waals surface area contributed by atoms with Gasteiger partial charge in [-0.2, -0.15) is 5.26 Å². The summed E-state index contributed by atoms with van der Waals surface area (Å²) in [4.78, 5) is 43.2. The number of carboxylic acid groups (broad SMARTS) is 1. The number of aromatic amines is 1. The molecule has 0 aliphatic carbocycles. The van der Waals surface area contributed by atoms with Crippen LogP contribution in [-0.4, -0.2) is 34.2 Å². The molecule has 0 fully saturated rings. The van der Waals surface area contributed by atoms with E-state index < -0.39 is 23.5 Å². The quantitative estimate of drug-likeness (QED) is 0.424. The molecule has 3 N–H and O–H groups in total. The molecule has 2 heterocycles. The Hall–Kier alpha value is -4.36. The Morgan fingerprint density at radius 2 is 2.09 bits per heavy atom. The lowest BCUT2D eigenvalue weighted by atomic mass is 9.87. The van der Waals surface area contributed by atoms with E-state index in [-0.39, 0.29) is 40.4 Å². The van der Waals surface area contributed by atoms with Crippen LogP contribution in [-0.2, 0) is 4.79 Å². The standard InChI is InChI=1S/C23H19ClN4O6/c1-3-15(21(29)28-14-6-7-18(26-10-14)34-23(31)32)20-19(17(33-2)11-27-22(20)30)16-8-13(24)5-4-12(16)9-25/h4-8,10-11,15H,3H2,1-2H3,(H,27,30)(H,28,29)(H,31,32). The Kier molecular flexibility index (Phi) is 7.50. The van der Waals surface area contributed by atoms with Gasteiger partial charge in [-0.25, -0.2) is 9.78 Å². The van der Waals surface area contributed by atoms with Gasteiger partial charge in [0, 0.05) is 34.0 Å². The zero-order chi connectivity index (χ0) is 24.8. The zero-order valence-corrected chi connectivity index (χ0v) is 18.8. The van der Waals surface area contributed by atoms with Gasteiger partial charge in [0.15, 0.2) is 0 Å². The maximum absolute atomic E-state index is 13.2. The first-order valence-corrected chi connectivity index (χ1v) is 10.3. The molecule has 0 aliphatic heterocycles. The van der Waals surface area contributed by atoms with Gasteiger partial charge in [-0.3, -0.25) is 9.59 Å². The summed E-state index contributed by atoms with van der Waals surface area (Å²) in [5.74, 6) is -1.35. The number of methoxy groups -OCH3 is 1.